The first-order valence-corrected chi connectivity index (χ1v) is 6.48. The van der Waals surface area contributed by atoms with Crippen LogP contribution in [0, 0.1) is 12.7 Å². The van der Waals surface area contributed by atoms with Crippen LogP contribution < -0.4 is 4.74 Å². The van der Waals surface area contributed by atoms with Crippen molar-refractivity contribution in [2.75, 3.05) is 0 Å². The average Bonchev–Trinajstić information content (AvgIpc) is 2.64. The van der Waals surface area contributed by atoms with Crippen LogP contribution >= 0.6 is 34.5 Å². The molecule has 90 valence electrons. The van der Waals surface area contributed by atoms with E-state index in [1.807, 2.05) is 6.92 Å². The van der Waals surface area contributed by atoms with E-state index in [0.717, 1.165) is 5.56 Å². The lowest BCUT2D eigenvalue weighted by Gasteiger charge is -2.03. The van der Waals surface area contributed by atoms with E-state index in [-0.39, 0.29) is 16.8 Å². The van der Waals surface area contributed by atoms with Crippen molar-refractivity contribution in [2.24, 2.45) is 0 Å². The first kappa shape index (κ1) is 12.6. The lowest BCUT2D eigenvalue weighted by molar-refractivity contribution is 0.439. The SMILES string of the molecule is Cc1ccc(F)c(Oc2nc(Cl)c(CCl)s2)c1. The van der Waals surface area contributed by atoms with Crippen LogP contribution in [-0.4, -0.2) is 4.98 Å². The molecule has 0 aliphatic rings. The van der Waals surface area contributed by atoms with Crippen LogP contribution in [0.1, 0.15) is 10.4 Å². The van der Waals surface area contributed by atoms with Gasteiger partial charge in [0, 0.05) is 0 Å². The largest absolute Gasteiger partial charge is 0.428 e. The number of hydrogen-bond donors (Lipinski definition) is 0. The summed E-state index contributed by atoms with van der Waals surface area (Å²) >= 11 is 12.7. The molecule has 1 aromatic carbocycles. The fourth-order valence-electron chi connectivity index (χ4n) is 1.22. The molecular formula is C11H8Cl2FNOS. The quantitative estimate of drug-likeness (QED) is 0.760. The minimum Gasteiger partial charge on any atom is -0.428 e. The zero-order valence-corrected chi connectivity index (χ0v) is 11.2. The van der Waals surface area contributed by atoms with Crippen molar-refractivity contribution < 1.29 is 9.13 Å². The maximum atomic E-state index is 13.4. The zero-order chi connectivity index (χ0) is 12.4. The summed E-state index contributed by atoms with van der Waals surface area (Å²) in [6.07, 6.45) is 0. The summed E-state index contributed by atoms with van der Waals surface area (Å²) in [5.74, 6) is -0.0400. The second-order valence-corrected chi connectivity index (χ2v) is 5.03. The number of hydrogen-bond acceptors (Lipinski definition) is 3. The number of halogens is 3. The standard InChI is InChI=1S/C11H8Cl2FNOS/c1-6-2-3-7(14)8(4-6)16-11-15-10(13)9(5-12)17-11/h2-4H,5H2,1H3. The summed E-state index contributed by atoms with van der Waals surface area (Å²) in [5, 5.41) is 0.586. The maximum absolute atomic E-state index is 13.4. The molecule has 0 saturated heterocycles. The molecule has 0 aliphatic carbocycles. The maximum Gasteiger partial charge on any atom is 0.280 e. The van der Waals surface area contributed by atoms with Crippen LogP contribution in [0.2, 0.25) is 5.15 Å². The molecule has 2 nitrogen and oxygen atoms in total. The third kappa shape index (κ3) is 2.89. The van der Waals surface area contributed by atoms with Gasteiger partial charge in [-0.2, -0.15) is 4.98 Å². The highest BCUT2D eigenvalue weighted by Gasteiger charge is 2.12. The zero-order valence-electron chi connectivity index (χ0n) is 8.84. The molecule has 1 heterocycles. The fraction of sp³-hybridized carbons (Fsp3) is 0.182. The highest BCUT2D eigenvalue weighted by molar-refractivity contribution is 7.14. The van der Waals surface area contributed by atoms with Crippen molar-refractivity contribution >= 4 is 34.5 Å². The van der Waals surface area contributed by atoms with Gasteiger partial charge in [0.1, 0.15) is 5.15 Å². The van der Waals surface area contributed by atoms with Crippen LogP contribution in [0.3, 0.4) is 0 Å². The summed E-state index contributed by atoms with van der Waals surface area (Å²) < 4.78 is 18.8. The lowest BCUT2D eigenvalue weighted by atomic mass is 10.2. The number of alkyl halides is 1. The Hall–Kier alpha value is -0.840. The molecule has 2 aromatic rings. The Morgan fingerprint density at radius 1 is 1.47 bits per heavy atom. The summed E-state index contributed by atoms with van der Waals surface area (Å²) in [5.41, 5.74) is 0.904. The van der Waals surface area contributed by atoms with Gasteiger partial charge in [-0.15, -0.1) is 11.6 Å². The van der Waals surface area contributed by atoms with Crippen molar-refractivity contribution in [2.45, 2.75) is 12.8 Å². The van der Waals surface area contributed by atoms with Gasteiger partial charge >= 0.3 is 0 Å². The predicted molar refractivity (Wildman–Crippen MR) is 67.9 cm³/mol. The highest BCUT2D eigenvalue weighted by Crippen LogP contribution is 2.34. The first-order valence-electron chi connectivity index (χ1n) is 4.75. The van der Waals surface area contributed by atoms with Gasteiger partial charge in [0.2, 0.25) is 0 Å². The van der Waals surface area contributed by atoms with Gasteiger partial charge in [-0.3, -0.25) is 0 Å². The lowest BCUT2D eigenvalue weighted by Crippen LogP contribution is -1.88. The van der Waals surface area contributed by atoms with Crippen molar-refractivity contribution in [3.05, 3.63) is 39.6 Å². The summed E-state index contributed by atoms with van der Waals surface area (Å²) in [6, 6.07) is 4.62. The van der Waals surface area contributed by atoms with Crippen molar-refractivity contribution in [1.29, 1.82) is 0 Å². The Kier molecular flexibility index (Phi) is 3.86. The minimum absolute atomic E-state index is 0.136. The molecule has 0 radical (unpaired) electrons. The van der Waals surface area contributed by atoms with E-state index in [0.29, 0.717) is 10.0 Å². The Morgan fingerprint density at radius 2 is 2.24 bits per heavy atom. The van der Waals surface area contributed by atoms with E-state index in [1.165, 1.54) is 17.4 Å². The Labute approximate surface area is 112 Å². The molecule has 0 bridgehead atoms. The van der Waals surface area contributed by atoms with Crippen molar-refractivity contribution in [1.82, 2.24) is 4.98 Å². The van der Waals surface area contributed by atoms with Gasteiger partial charge in [0.05, 0.1) is 10.8 Å². The smallest absolute Gasteiger partial charge is 0.280 e. The molecule has 0 amide bonds. The Balaban J connectivity index is 2.27. The van der Waals surface area contributed by atoms with Crippen LogP contribution in [-0.2, 0) is 5.88 Å². The molecule has 2 rings (SSSR count). The van der Waals surface area contributed by atoms with Gasteiger partial charge in [-0.05, 0) is 24.6 Å². The fourth-order valence-corrected chi connectivity index (χ4v) is 2.55. The van der Waals surface area contributed by atoms with E-state index in [9.17, 15) is 4.39 Å². The molecule has 6 heteroatoms. The molecule has 0 spiro atoms. The molecule has 17 heavy (non-hydrogen) atoms. The summed E-state index contributed by atoms with van der Waals surface area (Å²) in [6.45, 7) is 1.85. The van der Waals surface area contributed by atoms with E-state index in [4.69, 9.17) is 27.9 Å². The van der Waals surface area contributed by atoms with E-state index >= 15 is 0 Å². The van der Waals surface area contributed by atoms with Gasteiger partial charge < -0.3 is 4.74 Å². The topological polar surface area (TPSA) is 22.1 Å². The van der Waals surface area contributed by atoms with Crippen LogP contribution in [0.4, 0.5) is 4.39 Å². The summed E-state index contributed by atoms with van der Waals surface area (Å²) in [4.78, 5) is 4.66. The summed E-state index contributed by atoms with van der Waals surface area (Å²) in [7, 11) is 0. The molecule has 0 atom stereocenters. The number of rotatable bonds is 3. The molecule has 0 fully saturated rings. The van der Waals surface area contributed by atoms with Gasteiger partial charge in [0.25, 0.3) is 5.19 Å². The second-order valence-electron chi connectivity index (χ2n) is 3.36. The van der Waals surface area contributed by atoms with E-state index in [1.54, 1.807) is 12.1 Å². The molecule has 0 unspecified atom stereocenters. The molecular weight excluding hydrogens is 284 g/mol. The normalized spacial score (nSPS) is 10.6. The molecule has 0 saturated carbocycles. The molecule has 0 aliphatic heterocycles. The van der Waals surface area contributed by atoms with Crippen LogP contribution in [0.25, 0.3) is 0 Å². The Bertz CT molecular complexity index is 544. The number of nitrogens with zero attached hydrogens (tertiary/aromatic N) is 1. The van der Waals surface area contributed by atoms with Crippen LogP contribution in [0.15, 0.2) is 18.2 Å². The van der Waals surface area contributed by atoms with E-state index in [2.05, 4.69) is 4.98 Å². The van der Waals surface area contributed by atoms with Crippen molar-refractivity contribution in [3.8, 4) is 10.9 Å². The number of aromatic nitrogens is 1. The average molecular weight is 292 g/mol. The second kappa shape index (κ2) is 5.21. The number of benzene rings is 1. The number of ether oxygens (including phenoxy) is 1. The van der Waals surface area contributed by atoms with E-state index < -0.39 is 5.82 Å². The van der Waals surface area contributed by atoms with Crippen molar-refractivity contribution in [3.63, 3.8) is 0 Å². The number of aryl methyl sites for hydroxylation is 1. The van der Waals surface area contributed by atoms with Gasteiger partial charge in [0.15, 0.2) is 11.6 Å². The van der Waals surface area contributed by atoms with Crippen LogP contribution in [0.5, 0.6) is 10.9 Å². The third-order valence-corrected chi connectivity index (χ3v) is 3.82. The van der Waals surface area contributed by atoms with Gasteiger partial charge in [-0.25, -0.2) is 4.39 Å². The molecule has 1 aromatic heterocycles. The Morgan fingerprint density at radius 3 is 2.88 bits per heavy atom. The monoisotopic (exact) mass is 291 g/mol. The third-order valence-electron chi connectivity index (χ3n) is 2.04. The predicted octanol–water partition coefficient (Wildman–Crippen LogP) is 4.78. The number of thiazole rings is 1. The molecule has 0 N–H and O–H groups in total. The minimum atomic E-state index is -0.436. The first-order chi connectivity index (χ1) is 8.10. The van der Waals surface area contributed by atoms with Gasteiger partial charge in [-0.1, -0.05) is 29.0 Å². The highest BCUT2D eigenvalue weighted by atomic mass is 35.5.